The van der Waals surface area contributed by atoms with Crippen molar-refractivity contribution in [2.75, 3.05) is 10.8 Å². The van der Waals surface area contributed by atoms with Gasteiger partial charge in [0.25, 0.3) is 15.7 Å². The molecule has 0 fully saturated rings. The predicted octanol–water partition coefficient (Wildman–Crippen LogP) is 2.96. The Hall–Kier alpha value is -2.94. The molecule has 0 aliphatic rings. The summed E-state index contributed by atoms with van der Waals surface area (Å²) in [5, 5.41) is 19.8. The summed E-state index contributed by atoms with van der Waals surface area (Å²) in [7, 11) is -4.09. The van der Waals surface area contributed by atoms with Gasteiger partial charge in [0.1, 0.15) is 0 Å². The van der Waals surface area contributed by atoms with E-state index >= 15 is 0 Å². The van der Waals surface area contributed by atoms with Crippen LogP contribution in [0.1, 0.15) is 18.4 Å². The van der Waals surface area contributed by atoms with Crippen molar-refractivity contribution >= 4 is 27.4 Å². The summed E-state index contributed by atoms with van der Waals surface area (Å²) < 4.78 is 27.3. The van der Waals surface area contributed by atoms with Gasteiger partial charge in [0, 0.05) is 25.1 Å². The number of rotatable bonds is 8. The van der Waals surface area contributed by atoms with Gasteiger partial charge in [-0.1, -0.05) is 24.3 Å². The molecule has 0 atom stereocenters. The molecule has 0 aliphatic heterocycles. The maximum atomic E-state index is 13.1. The molecule has 0 spiro atoms. The number of aryl methyl sites for hydroxylation is 1. The van der Waals surface area contributed by atoms with Crippen LogP contribution in [0.3, 0.4) is 0 Å². The number of benzene rings is 2. The molecule has 0 unspecified atom stereocenters. The van der Waals surface area contributed by atoms with Crippen LogP contribution in [-0.2, 0) is 14.8 Å². The Morgan fingerprint density at radius 1 is 1.19 bits per heavy atom. The number of aliphatic carboxylic acids is 1. The summed E-state index contributed by atoms with van der Waals surface area (Å²) in [6.45, 7) is 1.69. The van der Waals surface area contributed by atoms with Crippen LogP contribution in [0.25, 0.3) is 0 Å². The third-order valence-electron chi connectivity index (χ3n) is 3.75. The Balaban J connectivity index is 2.49. The molecule has 9 heteroatoms. The average molecular weight is 378 g/mol. The van der Waals surface area contributed by atoms with Crippen LogP contribution in [0.2, 0.25) is 0 Å². The fourth-order valence-corrected chi connectivity index (χ4v) is 4.08. The minimum atomic E-state index is -4.09. The van der Waals surface area contributed by atoms with E-state index in [0.29, 0.717) is 11.3 Å². The van der Waals surface area contributed by atoms with Gasteiger partial charge in [-0.3, -0.25) is 19.2 Å². The van der Waals surface area contributed by atoms with Gasteiger partial charge in [-0.2, -0.15) is 0 Å². The first kappa shape index (κ1) is 19.4. The third-order valence-corrected chi connectivity index (χ3v) is 5.56. The first-order chi connectivity index (χ1) is 12.2. The number of non-ortho nitro benzene ring substituents is 1. The highest BCUT2D eigenvalue weighted by atomic mass is 32.2. The Labute approximate surface area is 150 Å². The molecule has 8 nitrogen and oxygen atoms in total. The summed E-state index contributed by atoms with van der Waals surface area (Å²) in [5.74, 6) is -1.03. The molecule has 0 bridgehead atoms. The van der Waals surface area contributed by atoms with E-state index in [-0.39, 0.29) is 30.0 Å². The molecule has 2 aromatic rings. The lowest BCUT2D eigenvalue weighted by molar-refractivity contribution is -0.385. The number of nitro groups is 1. The maximum absolute atomic E-state index is 13.1. The van der Waals surface area contributed by atoms with E-state index in [9.17, 15) is 23.3 Å². The van der Waals surface area contributed by atoms with Gasteiger partial charge in [-0.15, -0.1) is 0 Å². The van der Waals surface area contributed by atoms with Crippen LogP contribution in [0.5, 0.6) is 0 Å². The monoisotopic (exact) mass is 378 g/mol. The molecule has 0 aliphatic carbocycles. The molecular formula is C17H18N2O6S. The van der Waals surface area contributed by atoms with Crippen LogP contribution in [0, 0.1) is 17.0 Å². The van der Waals surface area contributed by atoms with Crippen LogP contribution in [0.15, 0.2) is 53.4 Å². The first-order valence-corrected chi connectivity index (χ1v) is 9.22. The number of sulfonamides is 1. The Morgan fingerprint density at radius 2 is 1.88 bits per heavy atom. The van der Waals surface area contributed by atoms with E-state index in [1.165, 1.54) is 18.2 Å². The van der Waals surface area contributed by atoms with E-state index in [0.717, 1.165) is 10.4 Å². The van der Waals surface area contributed by atoms with E-state index in [4.69, 9.17) is 5.11 Å². The molecule has 138 valence electrons. The number of nitro benzene ring substituents is 1. The highest BCUT2D eigenvalue weighted by Crippen LogP contribution is 2.28. The van der Waals surface area contributed by atoms with Crippen molar-refractivity contribution in [2.45, 2.75) is 24.7 Å². The van der Waals surface area contributed by atoms with Crippen molar-refractivity contribution in [3.05, 3.63) is 64.2 Å². The molecule has 0 saturated carbocycles. The molecular weight excluding hydrogens is 360 g/mol. The van der Waals surface area contributed by atoms with Crippen LogP contribution >= 0.6 is 0 Å². The number of para-hydroxylation sites is 1. The zero-order chi connectivity index (χ0) is 19.3. The normalized spacial score (nSPS) is 11.1. The van der Waals surface area contributed by atoms with Crippen molar-refractivity contribution in [3.63, 3.8) is 0 Å². The second kappa shape index (κ2) is 7.96. The van der Waals surface area contributed by atoms with Crippen LogP contribution in [0.4, 0.5) is 11.4 Å². The van der Waals surface area contributed by atoms with E-state index in [1.807, 2.05) is 0 Å². The zero-order valence-electron chi connectivity index (χ0n) is 14.0. The molecule has 1 N–H and O–H groups in total. The zero-order valence-corrected chi connectivity index (χ0v) is 14.8. The molecule has 0 aromatic heterocycles. The van der Waals surface area contributed by atoms with Gasteiger partial charge < -0.3 is 5.11 Å². The molecule has 0 amide bonds. The van der Waals surface area contributed by atoms with E-state index < -0.39 is 20.9 Å². The quantitative estimate of drug-likeness (QED) is 0.557. The number of carboxylic acid groups (broad SMARTS) is 1. The summed E-state index contributed by atoms with van der Waals surface area (Å²) in [5.41, 5.74) is 0.766. The smallest absolute Gasteiger partial charge is 0.303 e. The van der Waals surface area contributed by atoms with Crippen LogP contribution in [-0.4, -0.2) is 31.0 Å². The number of carboxylic acids is 1. The van der Waals surface area contributed by atoms with Crippen molar-refractivity contribution in [2.24, 2.45) is 0 Å². The second-order valence-electron chi connectivity index (χ2n) is 5.62. The minimum absolute atomic E-state index is 0.0534. The van der Waals surface area contributed by atoms with Crippen LogP contribution < -0.4 is 4.31 Å². The van der Waals surface area contributed by atoms with Crippen molar-refractivity contribution in [1.82, 2.24) is 0 Å². The molecule has 2 rings (SSSR count). The fraction of sp³-hybridized carbons (Fsp3) is 0.235. The van der Waals surface area contributed by atoms with Crippen molar-refractivity contribution < 1.29 is 23.2 Å². The summed E-state index contributed by atoms with van der Waals surface area (Å²) in [6.07, 6.45) is -0.0787. The number of carbonyl (C=O) groups is 1. The molecule has 0 radical (unpaired) electrons. The van der Waals surface area contributed by atoms with Gasteiger partial charge in [0.15, 0.2) is 0 Å². The molecule has 0 saturated heterocycles. The van der Waals surface area contributed by atoms with E-state index in [2.05, 4.69) is 0 Å². The second-order valence-corrected chi connectivity index (χ2v) is 7.48. The number of hydrogen-bond acceptors (Lipinski definition) is 5. The standard InChI is InChI=1S/C17H18N2O6S/c1-13-6-2-3-9-16(13)18(11-5-10-17(20)21)26(24,25)15-8-4-7-14(12-15)19(22)23/h2-4,6-9,12H,5,10-11H2,1H3,(H,20,21). The number of anilines is 1. The highest BCUT2D eigenvalue weighted by molar-refractivity contribution is 7.92. The molecule has 26 heavy (non-hydrogen) atoms. The lowest BCUT2D eigenvalue weighted by Crippen LogP contribution is -2.33. The highest BCUT2D eigenvalue weighted by Gasteiger charge is 2.27. The fourth-order valence-electron chi connectivity index (χ4n) is 2.47. The maximum Gasteiger partial charge on any atom is 0.303 e. The summed E-state index contributed by atoms with van der Waals surface area (Å²) in [4.78, 5) is 20.9. The third kappa shape index (κ3) is 4.37. The molecule has 2 aromatic carbocycles. The van der Waals surface area contributed by atoms with Crippen molar-refractivity contribution in [3.8, 4) is 0 Å². The summed E-state index contributed by atoms with van der Waals surface area (Å²) in [6, 6.07) is 11.6. The number of hydrogen-bond donors (Lipinski definition) is 1. The largest absolute Gasteiger partial charge is 0.481 e. The molecule has 0 heterocycles. The SMILES string of the molecule is Cc1ccccc1N(CCCC(=O)O)S(=O)(=O)c1cccc([N+](=O)[O-])c1. The topological polar surface area (TPSA) is 118 Å². The van der Waals surface area contributed by atoms with Crippen molar-refractivity contribution in [1.29, 1.82) is 0 Å². The average Bonchev–Trinajstić information content (AvgIpc) is 2.59. The predicted molar refractivity (Wildman–Crippen MR) is 95.7 cm³/mol. The Bertz CT molecular complexity index is 926. The van der Waals surface area contributed by atoms with E-state index in [1.54, 1.807) is 31.2 Å². The first-order valence-electron chi connectivity index (χ1n) is 7.78. The Kier molecular flexibility index (Phi) is 5.93. The lowest BCUT2D eigenvalue weighted by atomic mass is 10.2. The van der Waals surface area contributed by atoms with Gasteiger partial charge in [0.05, 0.1) is 15.5 Å². The summed E-state index contributed by atoms with van der Waals surface area (Å²) >= 11 is 0. The lowest BCUT2D eigenvalue weighted by Gasteiger charge is -2.25. The minimum Gasteiger partial charge on any atom is -0.481 e. The van der Waals surface area contributed by atoms with Gasteiger partial charge >= 0.3 is 5.97 Å². The van der Waals surface area contributed by atoms with Gasteiger partial charge in [-0.25, -0.2) is 8.42 Å². The van der Waals surface area contributed by atoms with Gasteiger partial charge in [0.2, 0.25) is 0 Å². The number of nitrogens with zero attached hydrogens (tertiary/aromatic N) is 2. The van der Waals surface area contributed by atoms with Gasteiger partial charge in [-0.05, 0) is 31.0 Å². The Morgan fingerprint density at radius 3 is 2.50 bits per heavy atom.